The van der Waals surface area contributed by atoms with E-state index in [2.05, 4.69) is 10.6 Å². The Bertz CT molecular complexity index is 1050. The lowest BCUT2D eigenvalue weighted by Crippen LogP contribution is -2.15. The third-order valence-corrected chi connectivity index (χ3v) is 4.46. The fourth-order valence-electron chi connectivity index (χ4n) is 2.96. The van der Waals surface area contributed by atoms with E-state index in [0.717, 1.165) is 11.3 Å². The summed E-state index contributed by atoms with van der Waals surface area (Å²) >= 11 is 0. The summed E-state index contributed by atoms with van der Waals surface area (Å²) in [5, 5.41) is 5.70. The van der Waals surface area contributed by atoms with E-state index in [4.69, 9.17) is 9.47 Å². The van der Waals surface area contributed by atoms with Gasteiger partial charge in [-0.3, -0.25) is 9.59 Å². The summed E-state index contributed by atoms with van der Waals surface area (Å²) in [4.78, 5) is 25.2. The second kappa shape index (κ2) is 10.9. The maximum atomic E-state index is 12.7. The Kier molecular flexibility index (Phi) is 7.79. The average molecular weight is 418 g/mol. The largest absolute Gasteiger partial charge is 0.491 e. The van der Waals surface area contributed by atoms with Gasteiger partial charge in [-0.1, -0.05) is 24.3 Å². The Hall–Kier alpha value is -3.64. The molecular formula is C25H26N2O4. The molecular weight excluding hydrogens is 392 g/mol. The van der Waals surface area contributed by atoms with Crippen LogP contribution in [0.4, 0.5) is 11.4 Å². The molecule has 0 bridgehead atoms. The molecule has 0 radical (unpaired) electrons. The number of ether oxygens (including phenoxy) is 2. The van der Waals surface area contributed by atoms with Gasteiger partial charge < -0.3 is 20.1 Å². The predicted molar refractivity (Wildman–Crippen MR) is 122 cm³/mol. The number of benzene rings is 3. The first-order valence-corrected chi connectivity index (χ1v) is 10.1. The Morgan fingerprint density at radius 1 is 0.774 bits per heavy atom. The maximum Gasteiger partial charge on any atom is 0.255 e. The second-order valence-corrected chi connectivity index (χ2v) is 6.93. The van der Waals surface area contributed by atoms with Gasteiger partial charge in [0.05, 0.1) is 6.61 Å². The molecule has 0 saturated heterocycles. The molecule has 0 saturated carbocycles. The van der Waals surface area contributed by atoms with E-state index in [1.54, 1.807) is 48.5 Å². The predicted octanol–water partition coefficient (Wildman–Crippen LogP) is 4.91. The number of hydrogen-bond donors (Lipinski definition) is 2. The minimum absolute atomic E-state index is 0.244. The summed E-state index contributed by atoms with van der Waals surface area (Å²) < 4.78 is 10.9. The lowest BCUT2D eigenvalue weighted by Gasteiger charge is -2.10. The fraction of sp³-hybridized carbons (Fsp3) is 0.200. The molecule has 0 atom stereocenters. The first-order chi connectivity index (χ1) is 15.0. The molecule has 0 aliphatic rings. The van der Waals surface area contributed by atoms with Crippen molar-refractivity contribution in [2.24, 2.45) is 0 Å². The van der Waals surface area contributed by atoms with Crippen molar-refractivity contribution in [3.05, 3.63) is 89.5 Å². The molecule has 0 aliphatic heterocycles. The van der Waals surface area contributed by atoms with Crippen LogP contribution in [0.2, 0.25) is 0 Å². The minimum Gasteiger partial charge on any atom is -0.491 e. The van der Waals surface area contributed by atoms with Gasteiger partial charge in [-0.2, -0.15) is 0 Å². The van der Waals surface area contributed by atoms with Crippen LogP contribution in [0.25, 0.3) is 0 Å². The monoisotopic (exact) mass is 418 g/mol. The molecule has 2 amide bonds. The van der Waals surface area contributed by atoms with Crippen LogP contribution in [-0.2, 0) is 4.74 Å². The molecule has 6 nitrogen and oxygen atoms in total. The lowest BCUT2D eigenvalue weighted by atomic mass is 10.1. The molecule has 0 unspecified atom stereocenters. The number of rotatable bonds is 9. The van der Waals surface area contributed by atoms with E-state index in [-0.39, 0.29) is 11.8 Å². The Labute approximate surface area is 182 Å². The number of hydrogen-bond acceptors (Lipinski definition) is 4. The number of carbonyl (C=O) groups is 2. The van der Waals surface area contributed by atoms with E-state index in [0.29, 0.717) is 42.4 Å². The molecule has 3 aromatic rings. The van der Waals surface area contributed by atoms with Gasteiger partial charge in [0.15, 0.2) is 0 Å². The van der Waals surface area contributed by atoms with Crippen LogP contribution in [0.5, 0.6) is 5.75 Å². The highest BCUT2D eigenvalue weighted by Crippen LogP contribution is 2.18. The Morgan fingerprint density at radius 2 is 1.39 bits per heavy atom. The lowest BCUT2D eigenvalue weighted by molar-refractivity contribution is 0.101. The summed E-state index contributed by atoms with van der Waals surface area (Å²) in [6.45, 7) is 5.42. The summed E-state index contributed by atoms with van der Waals surface area (Å²) in [6.07, 6.45) is 0. The van der Waals surface area contributed by atoms with Crippen LogP contribution in [0.1, 0.15) is 33.2 Å². The van der Waals surface area contributed by atoms with Crippen LogP contribution in [0.15, 0.2) is 72.8 Å². The van der Waals surface area contributed by atoms with Gasteiger partial charge in [-0.05, 0) is 67.9 Å². The van der Waals surface area contributed by atoms with E-state index in [1.165, 1.54) is 0 Å². The highest BCUT2D eigenvalue weighted by atomic mass is 16.5. The molecule has 31 heavy (non-hydrogen) atoms. The molecule has 3 aromatic carbocycles. The van der Waals surface area contributed by atoms with Gasteiger partial charge in [-0.25, -0.2) is 0 Å². The number of nitrogens with one attached hydrogen (secondary N) is 2. The van der Waals surface area contributed by atoms with Crippen molar-refractivity contribution in [2.45, 2.75) is 13.8 Å². The van der Waals surface area contributed by atoms with Crippen molar-refractivity contribution < 1.29 is 19.1 Å². The van der Waals surface area contributed by atoms with Gasteiger partial charge in [0, 0.05) is 29.1 Å². The molecule has 0 heterocycles. The highest BCUT2D eigenvalue weighted by molar-refractivity contribution is 6.07. The summed E-state index contributed by atoms with van der Waals surface area (Å²) in [5.74, 6) is 0.0662. The Morgan fingerprint density at radius 3 is 2.06 bits per heavy atom. The average Bonchev–Trinajstić information content (AvgIpc) is 2.77. The van der Waals surface area contributed by atoms with Crippen LogP contribution in [0, 0.1) is 6.92 Å². The molecule has 2 N–H and O–H groups in total. The normalized spacial score (nSPS) is 10.4. The van der Waals surface area contributed by atoms with Crippen molar-refractivity contribution in [3.8, 4) is 5.75 Å². The van der Waals surface area contributed by atoms with Crippen molar-refractivity contribution in [1.82, 2.24) is 0 Å². The zero-order chi connectivity index (χ0) is 22.1. The van der Waals surface area contributed by atoms with Gasteiger partial charge in [-0.15, -0.1) is 0 Å². The molecule has 0 spiro atoms. The zero-order valence-electron chi connectivity index (χ0n) is 17.7. The number of aryl methyl sites for hydroxylation is 1. The molecule has 0 fully saturated rings. The van der Waals surface area contributed by atoms with Crippen molar-refractivity contribution in [3.63, 3.8) is 0 Å². The topological polar surface area (TPSA) is 76.7 Å². The molecule has 3 rings (SSSR count). The molecule has 0 aromatic heterocycles. The van der Waals surface area contributed by atoms with Gasteiger partial charge in [0.25, 0.3) is 11.8 Å². The Balaban J connectivity index is 1.64. The van der Waals surface area contributed by atoms with Crippen LogP contribution < -0.4 is 15.4 Å². The van der Waals surface area contributed by atoms with E-state index in [1.807, 2.05) is 38.1 Å². The quantitative estimate of drug-likeness (QED) is 0.484. The van der Waals surface area contributed by atoms with E-state index < -0.39 is 0 Å². The molecule has 0 aliphatic carbocycles. The summed E-state index contributed by atoms with van der Waals surface area (Å²) in [7, 11) is 0. The zero-order valence-corrected chi connectivity index (χ0v) is 17.7. The second-order valence-electron chi connectivity index (χ2n) is 6.93. The minimum atomic E-state index is -0.286. The van der Waals surface area contributed by atoms with Gasteiger partial charge in [0.1, 0.15) is 12.4 Å². The van der Waals surface area contributed by atoms with E-state index in [9.17, 15) is 9.59 Å². The van der Waals surface area contributed by atoms with E-state index >= 15 is 0 Å². The first-order valence-electron chi connectivity index (χ1n) is 10.1. The highest BCUT2D eigenvalue weighted by Gasteiger charge is 2.11. The maximum absolute atomic E-state index is 12.7. The van der Waals surface area contributed by atoms with Crippen LogP contribution in [0.3, 0.4) is 0 Å². The summed E-state index contributed by atoms with van der Waals surface area (Å²) in [5.41, 5.74) is 3.23. The first kappa shape index (κ1) is 22.1. The number of anilines is 2. The van der Waals surface area contributed by atoms with Crippen LogP contribution >= 0.6 is 0 Å². The number of carbonyl (C=O) groups excluding carboxylic acids is 2. The fourth-order valence-corrected chi connectivity index (χ4v) is 2.96. The van der Waals surface area contributed by atoms with Crippen LogP contribution in [-0.4, -0.2) is 31.6 Å². The van der Waals surface area contributed by atoms with Crippen molar-refractivity contribution >= 4 is 23.2 Å². The SMILES string of the molecule is CCOCCOc1cccc(C(=O)Nc2cccc(C(=O)Nc3cccc(C)c3)c2)c1. The van der Waals surface area contributed by atoms with Gasteiger partial charge >= 0.3 is 0 Å². The standard InChI is InChI=1S/C25H26N2O4/c1-3-30-13-14-31-23-12-6-9-20(17-23)25(29)27-22-11-5-8-19(16-22)24(28)26-21-10-4-7-18(2)15-21/h4-12,15-17H,3,13-14H2,1-2H3,(H,26,28)(H,27,29). The molecule has 6 heteroatoms. The van der Waals surface area contributed by atoms with Gasteiger partial charge in [0.2, 0.25) is 0 Å². The summed E-state index contributed by atoms with van der Waals surface area (Å²) in [6, 6.07) is 21.3. The number of amides is 2. The third-order valence-electron chi connectivity index (χ3n) is 4.46. The van der Waals surface area contributed by atoms with Crippen molar-refractivity contribution in [1.29, 1.82) is 0 Å². The smallest absolute Gasteiger partial charge is 0.255 e. The van der Waals surface area contributed by atoms with Crippen molar-refractivity contribution in [2.75, 3.05) is 30.5 Å². The third kappa shape index (κ3) is 6.69. The molecule has 160 valence electrons.